The smallest absolute Gasteiger partial charge is 0.0540 e. The molecule has 0 saturated heterocycles. The minimum absolute atomic E-state index is 0.129. The molecule has 0 spiro atoms. The van der Waals surface area contributed by atoms with Crippen LogP contribution in [0, 0.1) is 0 Å². The lowest BCUT2D eigenvalue weighted by Gasteiger charge is -2.30. The number of nitrogens with zero attached hydrogens (tertiary/aromatic N) is 2. The fourth-order valence-corrected chi connectivity index (χ4v) is 10.5. The zero-order valence-corrected chi connectivity index (χ0v) is 37.6. The van der Waals surface area contributed by atoms with Crippen molar-refractivity contribution in [2.45, 2.75) is 19.3 Å². The van der Waals surface area contributed by atoms with Crippen LogP contribution in [-0.4, -0.2) is 0 Å². The summed E-state index contributed by atoms with van der Waals surface area (Å²) in [6, 6.07) is 93.1. The number of hydrogen-bond acceptors (Lipinski definition) is 2. The van der Waals surface area contributed by atoms with Gasteiger partial charge in [-0.1, -0.05) is 208 Å². The van der Waals surface area contributed by atoms with Crippen LogP contribution >= 0.6 is 0 Å². The molecule has 11 aromatic carbocycles. The van der Waals surface area contributed by atoms with E-state index in [4.69, 9.17) is 0 Å². The van der Waals surface area contributed by atoms with Gasteiger partial charge >= 0.3 is 0 Å². The zero-order chi connectivity index (χ0) is 44.9. The Balaban J connectivity index is 0.971. The van der Waals surface area contributed by atoms with Gasteiger partial charge in [0.1, 0.15) is 0 Å². The van der Waals surface area contributed by atoms with E-state index in [2.05, 4.69) is 278 Å². The van der Waals surface area contributed by atoms with Crippen LogP contribution in [0.2, 0.25) is 0 Å². The van der Waals surface area contributed by atoms with E-state index >= 15 is 0 Å². The quantitative estimate of drug-likeness (QED) is 0.143. The summed E-state index contributed by atoms with van der Waals surface area (Å²) in [6.07, 6.45) is 0. The predicted octanol–water partition coefficient (Wildman–Crippen LogP) is 18.2. The molecule has 2 nitrogen and oxygen atoms in total. The highest BCUT2D eigenvalue weighted by molar-refractivity contribution is 6.09. The summed E-state index contributed by atoms with van der Waals surface area (Å²) < 4.78 is 0. The van der Waals surface area contributed by atoms with Gasteiger partial charge in [-0.05, 0) is 127 Å². The second-order valence-corrected chi connectivity index (χ2v) is 18.1. The lowest BCUT2D eigenvalue weighted by molar-refractivity contribution is 0.660. The molecule has 0 N–H and O–H groups in total. The Morgan fingerprint density at radius 3 is 1.51 bits per heavy atom. The van der Waals surface area contributed by atoms with Crippen LogP contribution in [0.1, 0.15) is 25.0 Å². The highest BCUT2D eigenvalue weighted by atomic mass is 15.1. The van der Waals surface area contributed by atoms with Crippen molar-refractivity contribution in [1.82, 2.24) is 0 Å². The van der Waals surface area contributed by atoms with E-state index in [9.17, 15) is 0 Å². The summed E-state index contributed by atoms with van der Waals surface area (Å²) in [5, 5.41) is 4.83. The molecule has 0 atom stereocenters. The number of anilines is 6. The van der Waals surface area contributed by atoms with Crippen LogP contribution in [0.25, 0.3) is 66.1 Å². The van der Waals surface area contributed by atoms with Gasteiger partial charge in [0.15, 0.2) is 0 Å². The third-order valence-corrected chi connectivity index (χ3v) is 13.9. The molecule has 0 saturated carbocycles. The molecule has 1 aliphatic rings. The molecule has 0 aromatic heterocycles. The summed E-state index contributed by atoms with van der Waals surface area (Å²) in [4.78, 5) is 4.85. The highest BCUT2D eigenvalue weighted by Gasteiger charge is 2.36. The van der Waals surface area contributed by atoms with Gasteiger partial charge in [-0.3, -0.25) is 0 Å². The standard InChI is InChI=1S/C65H48N2/c1-65(2)61-29-14-13-27-58(61)59-40-39-54(44-62(59)65)67(63-30-16-22-48-21-9-10-25-56(48)63)64-42-41-55(57-26-11-12-28-60(57)64)49-33-37-52(38-34-49)66(51-35-31-47(32-36-51)45-17-5-3-6-18-45)53-24-15-23-50(43-53)46-19-7-4-8-20-46/h3-44H,1-2H3. The Labute approximate surface area is 393 Å². The first-order valence-corrected chi connectivity index (χ1v) is 23.3. The minimum atomic E-state index is -0.129. The summed E-state index contributed by atoms with van der Waals surface area (Å²) in [5.74, 6) is 0. The predicted molar refractivity (Wildman–Crippen MR) is 285 cm³/mol. The van der Waals surface area contributed by atoms with Crippen LogP contribution in [0.4, 0.5) is 34.1 Å². The van der Waals surface area contributed by atoms with Gasteiger partial charge in [0.05, 0.1) is 11.4 Å². The SMILES string of the molecule is CC1(C)c2ccccc2-c2ccc(N(c3cccc4ccccc34)c3ccc(-c4ccc(N(c5ccc(-c6ccccc6)cc5)c5cccc(-c6ccccc6)c5)cc4)c4ccccc34)cc21. The van der Waals surface area contributed by atoms with E-state index < -0.39 is 0 Å². The molecular formula is C65H48N2. The number of benzene rings is 11. The Bertz CT molecular complexity index is 3590. The summed E-state index contributed by atoms with van der Waals surface area (Å²) in [6.45, 7) is 4.73. The van der Waals surface area contributed by atoms with E-state index in [-0.39, 0.29) is 5.41 Å². The van der Waals surface area contributed by atoms with Gasteiger partial charge in [0, 0.05) is 38.9 Å². The largest absolute Gasteiger partial charge is 0.310 e. The van der Waals surface area contributed by atoms with Crippen molar-refractivity contribution in [1.29, 1.82) is 0 Å². The molecule has 0 amide bonds. The second-order valence-electron chi connectivity index (χ2n) is 18.1. The molecule has 0 aliphatic heterocycles. The van der Waals surface area contributed by atoms with Crippen molar-refractivity contribution in [3.8, 4) is 44.5 Å². The lowest BCUT2D eigenvalue weighted by Crippen LogP contribution is -2.16. The van der Waals surface area contributed by atoms with Gasteiger partial charge in [0.25, 0.3) is 0 Å². The average molecular weight is 857 g/mol. The fourth-order valence-electron chi connectivity index (χ4n) is 10.5. The molecule has 0 bridgehead atoms. The third kappa shape index (κ3) is 7.06. The molecule has 0 unspecified atom stereocenters. The first-order valence-electron chi connectivity index (χ1n) is 23.3. The first kappa shape index (κ1) is 40.1. The Hall–Kier alpha value is -8.46. The molecule has 67 heavy (non-hydrogen) atoms. The maximum absolute atomic E-state index is 2.49. The van der Waals surface area contributed by atoms with Gasteiger partial charge in [-0.2, -0.15) is 0 Å². The molecule has 318 valence electrons. The highest BCUT2D eigenvalue weighted by Crippen LogP contribution is 2.52. The van der Waals surface area contributed by atoms with Gasteiger partial charge in [-0.25, -0.2) is 0 Å². The van der Waals surface area contributed by atoms with E-state index in [0.29, 0.717) is 0 Å². The van der Waals surface area contributed by atoms with Crippen LogP contribution < -0.4 is 9.80 Å². The number of fused-ring (bicyclic) bond motifs is 5. The summed E-state index contributed by atoms with van der Waals surface area (Å²) >= 11 is 0. The van der Waals surface area contributed by atoms with Gasteiger partial charge in [-0.15, -0.1) is 0 Å². The van der Waals surface area contributed by atoms with Crippen molar-refractivity contribution in [2.75, 3.05) is 9.80 Å². The first-order chi connectivity index (χ1) is 33.0. The van der Waals surface area contributed by atoms with E-state index in [1.807, 2.05) is 0 Å². The molecule has 0 heterocycles. The maximum Gasteiger partial charge on any atom is 0.0540 e. The third-order valence-electron chi connectivity index (χ3n) is 13.9. The normalized spacial score (nSPS) is 12.4. The number of hydrogen-bond donors (Lipinski definition) is 0. The monoisotopic (exact) mass is 856 g/mol. The molecule has 0 radical (unpaired) electrons. The van der Waals surface area contributed by atoms with E-state index in [0.717, 1.165) is 39.7 Å². The van der Waals surface area contributed by atoms with Crippen LogP contribution in [0.15, 0.2) is 255 Å². The summed E-state index contributed by atoms with van der Waals surface area (Å²) in [7, 11) is 0. The van der Waals surface area contributed by atoms with Crippen molar-refractivity contribution in [2.24, 2.45) is 0 Å². The fraction of sp³-hybridized carbons (Fsp3) is 0.0462. The Kier molecular flexibility index (Phi) is 9.88. The topological polar surface area (TPSA) is 6.48 Å². The van der Waals surface area contributed by atoms with Crippen molar-refractivity contribution >= 4 is 55.7 Å². The Morgan fingerprint density at radius 1 is 0.269 bits per heavy atom. The Morgan fingerprint density at radius 2 is 0.761 bits per heavy atom. The number of rotatable bonds is 9. The van der Waals surface area contributed by atoms with Crippen LogP contribution in [-0.2, 0) is 5.41 Å². The van der Waals surface area contributed by atoms with Gasteiger partial charge in [0.2, 0.25) is 0 Å². The van der Waals surface area contributed by atoms with Crippen molar-refractivity contribution < 1.29 is 0 Å². The van der Waals surface area contributed by atoms with E-state index in [1.165, 1.54) is 71.6 Å². The van der Waals surface area contributed by atoms with Gasteiger partial charge < -0.3 is 9.80 Å². The van der Waals surface area contributed by atoms with Crippen LogP contribution in [0.5, 0.6) is 0 Å². The minimum Gasteiger partial charge on any atom is -0.310 e. The molecule has 11 aromatic rings. The molecular weight excluding hydrogens is 809 g/mol. The molecule has 2 heteroatoms. The second kappa shape index (κ2) is 16.5. The molecule has 0 fully saturated rings. The van der Waals surface area contributed by atoms with Crippen molar-refractivity contribution in [3.05, 3.63) is 266 Å². The van der Waals surface area contributed by atoms with Crippen LogP contribution in [0.3, 0.4) is 0 Å². The summed E-state index contributed by atoms with van der Waals surface area (Å²) in [5.41, 5.74) is 19.1. The van der Waals surface area contributed by atoms with Crippen molar-refractivity contribution in [3.63, 3.8) is 0 Å². The molecule has 1 aliphatic carbocycles. The molecule has 12 rings (SSSR count). The maximum atomic E-state index is 2.49. The lowest BCUT2D eigenvalue weighted by atomic mass is 9.82. The zero-order valence-electron chi connectivity index (χ0n) is 37.6. The van der Waals surface area contributed by atoms with E-state index in [1.54, 1.807) is 0 Å². The average Bonchev–Trinajstić information content (AvgIpc) is 3.62.